The molecule has 7 nitrogen and oxygen atoms in total. The van der Waals surface area contributed by atoms with E-state index in [0.717, 1.165) is 23.6 Å². The van der Waals surface area contributed by atoms with E-state index in [-0.39, 0.29) is 29.7 Å². The van der Waals surface area contributed by atoms with Gasteiger partial charge in [-0.25, -0.2) is 0 Å². The molecule has 3 aliphatic carbocycles. The van der Waals surface area contributed by atoms with Crippen LogP contribution in [0.15, 0.2) is 18.2 Å². The summed E-state index contributed by atoms with van der Waals surface area (Å²) in [5.41, 5.74) is 9.04. The molecule has 1 aromatic rings. The van der Waals surface area contributed by atoms with Crippen LogP contribution in [0.5, 0.6) is 0 Å². The van der Waals surface area contributed by atoms with Gasteiger partial charge < -0.3 is 16.0 Å². The zero-order valence-electron chi connectivity index (χ0n) is 17.3. The molecular weight excluding hydrogens is 380 g/mol. The second-order valence-electron chi connectivity index (χ2n) is 9.53. The molecule has 1 saturated heterocycles. The Kier molecular flexibility index (Phi) is 4.90. The number of benzene rings is 1. The highest BCUT2D eigenvalue weighted by Gasteiger charge is 2.46. The highest BCUT2D eigenvalue weighted by molar-refractivity contribution is 6.05. The zero-order valence-corrected chi connectivity index (χ0v) is 17.3. The maximum atomic E-state index is 12.9. The number of hydrogen-bond donors (Lipinski definition) is 3. The smallest absolute Gasteiger partial charge is 0.255 e. The quantitative estimate of drug-likeness (QED) is 0.637. The number of fused-ring (bicyclic) bond motifs is 4. The average molecular weight is 411 g/mol. The Balaban J connectivity index is 1.29. The van der Waals surface area contributed by atoms with Crippen molar-refractivity contribution in [1.29, 1.82) is 0 Å². The van der Waals surface area contributed by atoms with Crippen molar-refractivity contribution in [2.75, 3.05) is 6.54 Å². The van der Waals surface area contributed by atoms with E-state index in [0.29, 0.717) is 31.0 Å². The van der Waals surface area contributed by atoms with E-state index >= 15 is 0 Å². The standard InChI is InChI=1S/C23H30N4O3/c24-13-23(10-14-1-4-17(23)5-2-14)25-11-15-3-6-18-16(9-15)12-27(22(18)30)19-7-8-20(28)26-21(19)29/h3,6,9,14,17,19,25H,1-2,4-5,7-8,10-13,24H2,(H,26,28,29). The second-order valence-corrected chi connectivity index (χ2v) is 9.53. The maximum Gasteiger partial charge on any atom is 0.255 e. The highest BCUT2D eigenvalue weighted by atomic mass is 16.2. The van der Waals surface area contributed by atoms with E-state index in [4.69, 9.17) is 5.73 Å². The van der Waals surface area contributed by atoms with Crippen LogP contribution in [0.4, 0.5) is 0 Å². The van der Waals surface area contributed by atoms with E-state index in [1.807, 2.05) is 12.1 Å². The molecule has 3 amide bonds. The Labute approximate surface area is 176 Å². The molecule has 2 unspecified atom stereocenters. The predicted octanol–water partition coefficient (Wildman–Crippen LogP) is 1.44. The first-order chi connectivity index (χ1) is 14.5. The Morgan fingerprint density at radius 1 is 1.13 bits per heavy atom. The van der Waals surface area contributed by atoms with Crippen LogP contribution in [0.25, 0.3) is 0 Å². The number of piperidine rings is 1. The third kappa shape index (κ3) is 3.24. The topological polar surface area (TPSA) is 105 Å². The number of nitrogens with zero attached hydrogens (tertiary/aromatic N) is 1. The van der Waals surface area contributed by atoms with Gasteiger partial charge in [0.15, 0.2) is 0 Å². The molecule has 2 atom stereocenters. The van der Waals surface area contributed by atoms with Gasteiger partial charge in [0.05, 0.1) is 0 Å². The van der Waals surface area contributed by atoms with E-state index in [1.165, 1.54) is 32.1 Å². The fourth-order valence-electron chi connectivity index (χ4n) is 6.16. The number of hydrogen-bond acceptors (Lipinski definition) is 5. The molecule has 3 saturated carbocycles. The Morgan fingerprint density at radius 2 is 1.93 bits per heavy atom. The lowest BCUT2D eigenvalue weighted by molar-refractivity contribution is -0.136. The van der Waals surface area contributed by atoms with Crippen molar-refractivity contribution in [1.82, 2.24) is 15.5 Å². The molecule has 160 valence electrons. The number of nitrogens with one attached hydrogen (secondary N) is 2. The van der Waals surface area contributed by atoms with Gasteiger partial charge in [0.2, 0.25) is 11.8 Å². The third-order valence-corrected chi connectivity index (χ3v) is 7.88. The van der Waals surface area contributed by atoms with Crippen LogP contribution in [0, 0.1) is 11.8 Å². The van der Waals surface area contributed by atoms with E-state index in [9.17, 15) is 14.4 Å². The number of carbonyl (C=O) groups is 3. The molecular formula is C23H30N4O3. The first-order valence-electron chi connectivity index (χ1n) is 11.2. The van der Waals surface area contributed by atoms with Gasteiger partial charge in [0.25, 0.3) is 5.91 Å². The minimum Gasteiger partial charge on any atom is -0.329 e. The van der Waals surface area contributed by atoms with Crippen molar-refractivity contribution in [3.8, 4) is 0 Å². The molecule has 4 fully saturated rings. The number of carbonyl (C=O) groups excluding carboxylic acids is 3. The largest absolute Gasteiger partial charge is 0.329 e. The van der Waals surface area contributed by atoms with Crippen molar-refractivity contribution in [3.05, 3.63) is 34.9 Å². The predicted molar refractivity (Wildman–Crippen MR) is 111 cm³/mol. The molecule has 2 aliphatic heterocycles. The first kappa shape index (κ1) is 19.7. The van der Waals surface area contributed by atoms with Crippen molar-refractivity contribution >= 4 is 17.7 Å². The molecule has 6 rings (SSSR count). The molecule has 0 radical (unpaired) electrons. The average Bonchev–Trinajstić information content (AvgIpc) is 3.08. The molecule has 2 bridgehead atoms. The van der Waals surface area contributed by atoms with Crippen LogP contribution >= 0.6 is 0 Å². The molecule has 2 heterocycles. The van der Waals surface area contributed by atoms with Gasteiger partial charge >= 0.3 is 0 Å². The zero-order chi connectivity index (χ0) is 20.9. The van der Waals surface area contributed by atoms with Crippen LogP contribution < -0.4 is 16.4 Å². The van der Waals surface area contributed by atoms with E-state index in [1.54, 1.807) is 4.90 Å². The molecule has 7 heteroatoms. The summed E-state index contributed by atoms with van der Waals surface area (Å²) in [6.07, 6.45) is 7.05. The lowest BCUT2D eigenvalue weighted by Gasteiger charge is -2.52. The van der Waals surface area contributed by atoms with Crippen molar-refractivity contribution < 1.29 is 14.4 Å². The van der Waals surface area contributed by atoms with Crippen LogP contribution in [0.3, 0.4) is 0 Å². The van der Waals surface area contributed by atoms with Gasteiger partial charge in [-0.3, -0.25) is 19.7 Å². The van der Waals surface area contributed by atoms with Crippen LogP contribution in [0.1, 0.15) is 66.4 Å². The Morgan fingerprint density at radius 3 is 2.60 bits per heavy atom. The van der Waals surface area contributed by atoms with Crippen LogP contribution in [0.2, 0.25) is 0 Å². The number of rotatable bonds is 5. The lowest BCUT2D eigenvalue weighted by Crippen LogP contribution is -2.61. The summed E-state index contributed by atoms with van der Waals surface area (Å²) >= 11 is 0. The minimum atomic E-state index is -0.567. The molecule has 0 aromatic heterocycles. The third-order valence-electron chi connectivity index (χ3n) is 7.88. The summed E-state index contributed by atoms with van der Waals surface area (Å²) in [5.74, 6) is 0.699. The fraction of sp³-hybridized carbons (Fsp3) is 0.609. The number of nitrogens with two attached hydrogens (primary N) is 1. The highest BCUT2D eigenvalue weighted by Crippen LogP contribution is 2.47. The van der Waals surface area contributed by atoms with Gasteiger partial charge in [-0.05, 0) is 54.7 Å². The van der Waals surface area contributed by atoms with Gasteiger partial charge in [0, 0.05) is 37.2 Å². The van der Waals surface area contributed by atoms with E-state index in [2.05, 4.69) is 16.7 Å². The summed E-state index contributed by atoms with van der Waals surface area (Å²) in [6.45, 7) is 1.82. The Hall–Kier alpha value is -2.25. The van der Waals surface area contributed by atoms with E-state index < -0.39 is 6.04 Å². The second kappa shape index (κ2) is 7.46. The number of amides is 3. The molecule has 30 heavy (non-hydrogen) atoms. The number of imide groups is 1. The van der Waals surface area contributed by atoms with Gasteiger partial charge in [-0.1, -0.05) is 25.0 Å². The lowest BCUT2D eigenvalue weighted by atomic mass is 9.60. The summed E-state index contributed by atoms with van der Waals surface area (Å²) < 4.78 is 0. The summed E-state index contributed by atoms with van der Waals surface area (Å²) in [6, 6.07) is 5.39. The molecule has 1 aromatic carbocycles. The SMILES string of the molecule is NCC1(NCc2ccc3c(c2)CN(C2CCC(=O)NC2=O)C3=O)CC2CCC1CC2. The van der Waals surface area contributed by atoms with Gasteiger partial charge in [0.1, 0.15) is 6.04 Å². The molecule has 4 N–H and O–H groups in total. The normalized spacial score (nSPS) is 33.0. The monoisotopic (exact) mass is 410 g/mol. The van der Waals surface area contributed by atoms with Gasteiger partial charge in [-0.15, -0.1) is 0 Å². The van der Waals surface area contributed by atoms with Crippen LogP contribution in [-0.4, -0.2) is 40.7 Å². The summed E-state index contributed by atoms with van der Waals surface area (Å²) in [4.78, 5) is 38.1. The minimum absolute atomic E-state index is 0.0365. The van der Waals surface area contributed by atoms with Crippen molar-refractivity contribution in [3.63, 3.8) is 0 Å². The van der Waals surface area contributed by atoms with Crippen LogP contribution in [-0.2, 0) is 22.7 Å². The molecule has 0 spiro atoms. The first-order valence-corrected chi connectivity index (χ1v) is 11.2. The molecule has 5 aliphatic rings. The van der Waals surface area contributed by atoms with Crippen molar-refractivity contribution in [2.24, 2.45) is 17.6 Å². The summed E-state index contributed by atoms with van der Waals surface area (Å²) in [7, 11) is 0. The Bertz CT molecular complexity index is 892. The van der Waals surface area contributed by atoms with Gasteiger partial charge in [-0.2, -0.15) is 0 Å². The fourth-order valence-corrected chi connectivity index (χ4v) is 6.16. The summed E-state index contributed by atoms with van der Waals surface area (Å²) in [5, 5.41) is 6.15. The van der Waals surface area contributed by atoms with Crippen molar-refractivity contribution in [2.45, 2.75) is 69.6 Å². The maximum absolute atomic E-state index is 12.9.